The first-order valence-corrected chi connectivity index (χ1v) is 6.92. The molecule has 0 unspecified atom stereocenters. The largest absolute Gasteiger partial charge is 0.618 e. The van der Waals surface area contributed by atoms with E-state index < -0.39 is 10.9 Å². The Labute approximate surface area is 135 Å². The highest BCUT2D eigenvalue weighted by Gasteiger charge is 2.23. The molecule has 0 fully saturated rings. The summed E-state index contributed by atoms with van der Waals surface area (Å²) in [6, 6.07) is 6.95. The number of non-ortho nitro benzene ring substituents is 1. The highest BCUT2D eigenvalue weighted by Crippen LogP contribution is 2.33. The Balaban J connectivity index is 1.84. The Morgan fingerprint density at radius 2 is 2.21 bits per heavy atom. The van der Waals surface area contributed by atoms with Crippen LogP contribution in [0.15, 0.2) is 36.5 Å². The fraction of sp³-hybridized carbons (Fsp3) is 0.200. The molecule has 0 saturated heterocycles. The van der Waals surface area contributed by atoms with Gasteiger partial charge in [-0.25, -0.2) is 4.79 Å². The molecule has 1 aromatic carbocycles. The third-order valence-electron chi connectivity index (χ3n) is 3.37. The van der Waals surface area contributed by atoms with E-state index >= 15 is 0 Å². The smallest absolute Gasteiger partial charge is 0.405 e. The molecule has 0 spiro atoms. The zero-order valence-electron chi connectivity index (χ0n) is 12.3. The van der Waals surface area contributed by atoms with E-state index in [1.54, 1.807) is 0 Å². The zero-order chi connectivity index (χ0) is 17.1. The summed E-state index contributed by atoms with van der Waals surface area (Å²) in [7, 11) is 0. The van der Waals surface area contributed by atoms with E-state index in [1.165, 1.54) is 36.5 Å². The number of hydrogen-bond donors (Lipinski definition) is 0. The van der Waals surface area contributed by atoms with Gasteiger partial charge in [-0.05, 0) is 6.07 Å². The van der Waals surface area contributed by atoms with Gasteiger partial charge in [0.15, 0.2) is 13.0 Å². The van der Waals surface area contributed by atoms with E-state index in [4.69, 9.17) is 14.2 Å². The Hall–Kier alpha value is -3.20. The van der Waals surface area contributed by atoms with Crippen LogP contribution >= 0.6 is 0 Å². The maximum Gasteiger partial charge on any atom is 0.405 e. The molecule has 1 aliphatic rings. The molecule has 0 amide bonds. The SMILES string of the molecule is O=C(OCc1cc([N+](=O)[O-])cc2c1OCOC2)c1cccc[n+]1[O-]. The van der Waals surface area contributed by atoms with Crippen LogP contribution in [0, 0.1) is 15.3 Å². The standard InChI is InChI=1S/C15H12N2O7/c18-15(13-3-1-2-4-16(13)19)23-8-11-6-12(17(20)21)5-10-7-22-9-24-14(10)11/h1-6H,7-9H2. The number of aromatic nitrogens is 1. The number of nitrogens with zero attached hydrogens (tertiary/aromatic N) is 2. The number of rotatable bonds is 4. The minimum atomic E-state index is -0.835. The molecule has 0 bridgehead atoms. The van der Waals surface area contributed by atoms with Gasteiger partial charge in [0.1, 0.15) is 12.4 Å². The molecule has 1 aromatic heterocycles. The lowest BCUT2D eigenvalue weighted by Gasteiger charge is -2.20. The summed E-state index contributed by atoms with van der Waals surface area (Å²) in [5.74, 6) is -0.444. The Kier molecular flexibility index (Phi) is 4.25. The number of carbonyl (C=O) groups is 1. The Morgan fingerprint density at radius 1 is 1.38 bits per heavy atom. The summed E-state index contributed by atoms with van der Waals surface area (Å²) >= 11 is 0. The molecule has 9 heteroatoms. The first-order chi connectivity index (χ1) is 11.6. The van der Waals surface area contributed by atoms with Crippen LogP contribution in [0.25, 0.3) is 0 Å². The second-order valence-corrected chi connectivity index (χ2v) is 4.95. The maximum absolute atomic E-state index is 12.0. The topological polar surface area (TPSA) is 115 Å². The minimum absolute atomic E-state index is 0.00496. The van der Waals surface area contributed by atoms with Crippen LogP contribution in [0.3, 0.4) is 0 Å². The van der Waals surface area contributed by atoms with Gasteiger partial charge in [-0.2, -0.15) is 4.73 Å². The van der Waals surface area contributed by atoms with Gasteiger partial charge in [0.25, 0.3) is 5.69 Å². The quantitative estimate of drug-likeness (QED) is 0.273. The van der Waals surface area contributed by atoms with E-state index in [0.29, 0.717) is 21.6 Å². The second kappa shape index (κ2) is 6.50. The van der Waals surface area contributed by atoms with Crippen molar-refractivity contribution in [3.8, 4) is 5.75 Å². The van der Waals surface area contributed by atoms with Gasteiger partial charge < -0.3 is 19.4 Å². The number of ether oxygens (including phenoxy) is 3. The predicted octanol–water partition coefficient (Wildman–Crippen LogP) is 1.45. The predicted molar refractivity (Wildman–Crippen MR) is 77.9 cm³/mol. The van der Waals surface area contributed by atoms with E-state index in [9.17, 15) is 20.1 Å². The van der Waals surface area contributed by atoms with Gasteiger partial charge in [-0.3, -0.25) is 10.1 Å². The van der Waals surface area contributed by atoms with Gasteiger partial charge in [0.2, 0.25) is 0 Å². The van der Waals surface area contributed by atoms with Crippen molar-refractivity contribution in [3.05, 3.63) is 68.7 Å². The highest BCUT2D eigenvalue weighted by molar-refractivity contribution is 5.85. The molecule has 24 heavy (non-hydrogen) atoms. The van der Waals surface area contributed by atoms with Gasteiger partial charge in [0.05, 0.1) is 11.5 Å². The van der Waals surface area contributed by atoms with Gasteiger partial charge >= 0.3 is 11.7 Å². The van der Waals surface area contributed by atoms with E-state index in [0.717, 1.165) is 0 Å². The van der Waals surface area contributed by atoms with E-state index in [2.05, 4.69) is 0 Å². The summed E-state index contributed by atoms with van der Waals surface area (Å²) in [5, 5.41) is 22.5. The third kappa shape index (κ3) is 3.10. The van der Waals surface area contributed by atoms with Crippen LogP contribution in [-0.2, 0) is 22.7 Å². The van der Waals surface area contributed by atoms with Crippen molar-refractivity contribution in [2.24, 2.45) is 0 Å². The minimum Gasteiger partial charge on any atom is -0.618 e. The normalized spacial score (nSPS) is 12.8. The van der Waals surface area contributed by atoms with Crippen LogP contribution in [0.1, 0.15) is 21.6 Å². The number of hydrogen-bond acceptors (Lipinski definition) is 7. The molecule has 9 nitrogen and oxygen atoms in total. The fourth-order valence-corrected chi connectivity index (χ4v) is 2.30. The molecule has 0 atom stereocenters. The number of pyridine rings is 1. The van der Waals surface area contributed by atoms with E-state index in [1.807, 2.05) is 0 Å². The first kappa shape index (κ1) is 15.7. The molecule has 0 saturated carbocycles. The summed E-state index contributed by atoms with van der Waals surface area (Å²) in [6.07, 6.45) is 1.17. The van der Waals surface area contributed by atoms with Crippen LogP contribution in [0.5, 0.6) is 5.75 Å². The lowest BCUT2D eigenvalue weighted by atomic mass is 10.1. The average molecular weight is 332 g/mol. The van der Waals surface area contributed by atoms with Crippen LogP contribution in [0.4, 0.5) is 5.69 Å². The highest BCUT2D eigenvalue weighted by atomic mass is 16.7. The first-order valence-electron chi connectivity index (χ1n) is 6.92. The molecular formula is C15H12N2O7. The molecular weight excluding hydrogens is 320 g/mol. The number of benzene rings is 1. The average Bonchev–Trinajstić information content (AvgIpc) is 2.59. The Bertz CT molecular complexity index is 806. The van der Waals surface area contributed by atoms with Crippen molar-refractivity contribution < 1.29 is 28.7 Å². The Morgan fingerprint density at radius 3 is 2.96 bits per heavy atom. The molecule has 0 radical (unpaired) electrons. The summed E-state index contributed by atoms with van der Waals surface area (Å²) in [5.41, 5.74) is 0.498. The number of esters is 1. The molecule has 124 valence electrons. The van der Waals surface area contributed by atoms with Crippen LogP contribution < -0.4 is 9.47 Å². The zero-order valence-corrected chi connectivity index (χ0v) is 12.3. The van der Waals surface area contributed by atoms with Crippen molar-refractivity contribution >= 4 is 11.7 Å². The number of nitro groups is 1. The van der Waals surface area contributed by atoms with Crippen molar-refractivity contribution in [2.45, 2.75) is 13.2 Å². The molecule has 0 N–H and O–H groups in total. The van der Waals surface area contributed by atoms with Crippen LogP contribution in [-0.4, -0.2) is 17.7 Å². The number of nitro benzene ring substituents is 1. The molecule has 1 aliphatic heterocycles. The van der Waals surface area contributed by atoms with Gasteiger partial charge in [-0.15, -0.1) is 0 Å². The van der Waals surface area contributed by atoms with Crippen molar-refractivity contribution in [2.75, 3.05) is 6.79 Å². The van der Waals surface area contributed by atoms with Crippen LogP contribution in [0.2, 0.25) is 0 Å². The third-order valence-corrected chi connectivity index (χ3v) is 3.37. The summed E-state index contributed by atoms with van der Waals surface area (Å²) in [6.45, 7) is -0.0973. The lowest BCUT2D eigenvalue weighted by Crippen LogP contribution is -2.34. The van der Waals surface area contributed by atoms with Crippen molar-refractivity contribution in [3.63, 3.8) is 0 Å². The maximum atomic E-state index is 12.0. The monoisotopic (exact) mass is 332 g/mol. The molecule has 2 heterocycles. The molecule has 3 rings (SSSR count). The molecule has 2 aromatic rings. The van der Waals surface area contributed by atoms with Crippen molar-refractivity contribution in [1.82, 2.24) is 0 Å². The molecule has 0 aliphatic carbocycles. The number of carbonyl (C=O) groups excluding carboxylic acids is 1. The fourth-order valence-electron chi connectivity index (χ4n) is 2.30. The van der Waals surface area contributed by atoms with Gasteiger partial charge in [0, 0.05) is 35.4 Å². The van der Waals surface area contributed by atoms with Gasteiger partial charge in [-0.1, -0.05) is 0 Å². The number of fused-ring (bicyclic) bond motifs is 1. The summed E-state index contributed by atoms with van der Waals surface area (Å²) < 4.78 is 15.9. The van der Waals surface area contributed by atoms with E-state index in [-0.39, 0.29) is 31.4 Å². The van der Waals surface area contributed by atoms with Crippen molar-refractivity contribution in [1.29, 1.82) is 0 Å². The second-order valence-electron chi connectivity index (χ2n) is 4.95. The summed E-state index contributed by atoms with van der Waals surface area (Å²) in [4.78, 5) is 22.4. The lowest BCUT2D eigenvalue weighted by molar-refractivity contribution is -0.608.